The van der Waals surface area contributed by atoms with Crippen molar-refractivity contribution in [3.05, 3.63) is 47.4 Å². The molecule has 1 aromatic rings. The number of amides is 1. The van der Waals surface area contributed by atoms with E-state index in [-0.39, 0.29) is 13.2 Å². The number of nitrogens with one attached hydrogen (secondary N) is 1. The molecule has 11 heteroatoms. The first-order valence-electron chi connectivity index (χ1n) is 8.60. The molecule has 0 spiro atoms. The van der Waals surface area contributed by atoms with Gasteiger partial charge in [0.15, 0.2) is 15.5 Å². The van der Waals surface area contributed by atoms with Crippen LogP contribution in [0.4, 0.5) is 0 Å². The first kappa shape index (κ1) is 22.2. The van der Waals surface area contributed by atoms with Gasteiger partial charge in [-0.3, -0.25) is 9.59 Å². The van der Waals surface area contributed by atoms with Crippen molar-refractivity contribution in [1.29, 1.82) is 0 Å². The van der Waals surface area contributed by atoms with E-state index in [0.717, 1.165) is 18.3 Å². The van der Waals surface area contributed by atoms with E-state index in [1.54, 1.807) is 37.3 Å². The lowest BCUT2D eigenvalue weighted by molar-refractivity contribution is -0.146. The van der Waals surface area contributed by atoms with Gasteiger partial charge in [0.2, 0.25) is 11.3 Å². The first-order valence-corrected chi connectivity index (χ1v) is 10.6. The lowest BCUT2D eigenvalue weighted by Crippen LogP contribution is -2.59. The van der Waals surface area contributed by atoms with Gasteiger partial charge in [0, 0.05) is 6.26 Å². The molecular formula is C18H22N2O8S. The number of sulfone groups is 1. The number of carbonyl (C=O) groups excluding carboxylic acids is 3. The smallest absolute Gasteiger partial charge is 0.358 e. The molecule has 0 aliphatic carbocycles. The molecular weight excluding hydrogens is 404 g/mol. The predicted molar refractivity (Wildman–Crippen MR) is 100 cm³/mol. The van der Waals surface area contributed by atoms with Crippen molar-refractivity contribution >= 4 is 27.7 Å². The second kappa shape index (κ2) is 9.41. The third-order valence-corrected chi connectivity index (χ3v) is 5.06. The summed E-state index contributed by atoms with van der Waals surface area (Å²) < 4.78 is 39.5. The topological polar surface area (TPSA) is 128 Å². The zero-order chi connectivity index (χ0) is 21.6. The van der Waals surface area contributed by atoms with Crippen molar-refractivity contribution in [2.75, 3.05) is 26.5 Å². The molecule has 1 aliphatic rings. The number of methoxy groups -OCH3 is 1. The molecule has 1 heterocycles. The zero-order valence-electron chi connectivity index (χ0n) is 16.2. The Hall–Kier alpha value is -3.08. The van der Waals surface area contributed by atoms with Gasteiger partial charge in [0.1, 0.15) is 13.2 Å². The van der Waals surface area contributed by atoms with Crippen molar-refractivity contribution < 1.29 is 37.0 Å². The molecule has 29 heavy (non-hydrogen) atoms. The van der Waals surface area contributed by atoms with E-state index in [4.69, 9.17) is 9.47 Å². The van der Waals surface area contributed by atoms with Crippen LogP contribution in [-0.2, 0) is 45.0 Å². The summed E-state index contributed by atoms with van der Waals surface area (Å²) in [5.74, 6) is -3.18. The number of ether oxygens (including phenoxy) is 3. The Bertz CT molecular complexity index is 911. The van der Waals surface area contributed by atoms with Gasteiger partial charge >= 0.3 is 11.9 Å². The lowest BCUT2D eigenvalue weighted by Gasteiger charge is -2.36. The van der Waals surface area contributed by atoms with Crippen LogP contribution >= 0.6 is 0 Å². The summed E-state index contributed by atoms with van der Waals surface area (Å²) in [5, 5.41) is 2.25. The Morgan fingerprint density at radius 1 is 1.21 bits per heavy atom. The SMILES string of the molecule is CCOC(=O)C1=C(OCc2ccccc2)C(=O)NC(S(C)(=O)=O)N1CC(=O)OC. The van der Waals surface area contributed by atoms with E-state index in [2.05, 4.69) is 10.1 Å². The number of hydrogen-bond acceptors (Lipinski definition) is 9. The van der Waals surface area contributed by atoms with Gasteiger partial charge in [-0.1, -0.05) is 30.3 Å². The van der Waals surface area contributed by atoms with Gasteiger partial charge in [-0.25, -0.2) is 13.2 Å². The lowest BCUT2D eigenvalue weighted by atomic mass is 10.2. The van der Waals surface area contributed by atoms with Crippen LogP contribution in [-0.4, -0.2) is 63.2 Å². The summed E-state index contributed by atoms with van der Waals surface area (Å²) in [6.45, 7) is 0.818. The molecule has 1 atom stereocenters. The van der Waals surface area contributed by atoms with E-state index in [9.17, 15) is 22.8 Å². The van der Waals surface area contributed by atoms with E-state index in [1.807, 2.05) is 0 Å². The van der Waals surface area contributed by atoms with Crippen LogP contribution in [0.1, 0.15) is 12.5 Å². The predicted octanol–water partition coefficient (Wildman–Crippen LogP) is -0.0891. The highest BCUT2D eigenvalue weighted by Crippen LogP contribution is 2.25. The Morgan fingerprint density at radius 3 is 2.41 bits per heavy atom. The average Bonchev–Trinajstić information content (AvgIpc) is 2.67. The van der Waals surface area contributed by atoms with Gasteiger partial charge in [-0.2, -0.15) is 0 Å². The highest BCUT2D eigenvalue weighted by Gasteiger charge is 2.44. The maximum atomic E-state index is 12.6. The number of carbonyl (C=O) groups is 3. The standard InChI is InChI=1S/C18H22N2O8S/c1-4-27-17(23)14-15(28-11-12-8-6-5-7-9-12)16(22)19-18(29(3,24)25)20(14)10-13(21)26-2/h5-9,18H,4,10-11H2,1-3H3,(H,19,22). The quantitative estimate of drug-likeness (QED) is 0.567. The molecule has 1 N–H and O–H groups in total. The Labute approximate surface area is 168 Å². The van der Waals surface area contributed by atoms with Crippen LogP contribution in [0.15, 0.2) is 41.8 Å². The van der Waals surface area contributed by atoms with Crippen molar-refractivity contribution in [2.24, 2.45) is 0 Å². The summed E-state index contributed by atoms with van der Waals surface area (Å²) in [6, 6.07) is 8.83. The van der Waals surface area contributed by atoms with Gasteiger partial charge in [0.25, 0.3) is 5.91 Å². The monoisotopic (exact) mass is 426 g/mol. The second-order valence-corrected chi connectivity index (χ2v) is 8.14. The second-order valence-electron chi connectivity index (χ2n) is 6.03. The van der Waals surface area contributed by atoms with Crippen molar-refractivity contribution in [3.8, 4) is 0 Å². The Kier molecular flexibility index (Phi) is 7.21. The Morgan fingerprint density at radius 2 is 1.86 bits per heavy atom. The largest absolute Gasteiger partial charge is 0.481 e. The molecule has 0 bridgehead atoms. The van der Waals surface area contributed by atoms with Gasteiger partial charge in [-0.05, 0) is 12.5 Å². The molecule has 0 saturated heterocycles. The molecule has 158 valence electrons. The summed E-state index contributed by atoms with van der Waals surface area (Å²) in [6.07, 6.45) is 0.862. The molecule has 0 saturated carbocycles. The minimum Gasteiger partial charge on any atom is -0.481 e. The van der Waals surface area contributed by atoms with Crippen LogP contribution < -0.4 is 5.32 Å². The molecule has 1 amide bonds. The number of hydrogen-bond donors (Lipinski definition) is 1. The first-order chi connectivity index (χ1) is 13.7. The van der Waals surface area contributed by atoms with Gasteiger partial charge < -0.3 is 24.4 Å². The fourth-order valence-electron chi connectivity index (χ4n) is 2.59. The average molecular weight is 426 g/mol. The summed E-state index contributed by atoms with van der Waals surface area (Å²) in [7, 11) is -2.83. The molecule has 1 aromatic carbocycles. The van der Waals surface area contributed by atoms with Crippen LogP contribution in [0.2, 0.25) is 0 Å². The number of rotatable bonds is 8. The third-order valence-electron chi connectivity index (χ3n) is 3.87. The number of benzene rings is 1. The molecule has 10 nitrogen and oxygen atoms in total. The summed E-state index contributed by atoms with van der Waals surface area (Å²) in [5.41, 5.74) is -1.43. The zero-order valence-corrected chi connectivity index (χ0v) is 17.0. The fourth-order valence-corrected chi connectivity index (χ4v) is 3.55. The molecule has 1 unspecified atom stereocenters. The van der Waals surface area contributed by atoms with Crippen LogP contribution in [0.25, 0.3) is 0 Å². The molecule has 0 aromatic heterocycles. The van der Waals surface area contributed by atoms with Crippen molar-refractivity contribution in [2.45, 2.75) is 19.0 Å². The molecule has 0 fully saturated rings. The van der Waals surface area contributed by atoms with Crippen LogP contribution in [0.5, 0.6) is 0 Å². The normalized spacial score (nSPS) is 16.9. The molecule has 0 radical (unpaired) electrons. The van der Waals surface area contributed by atoms with E-state index in [0.29, 0.717) is 5.56 Å². The minimum atomic E-state index is -3.95. The molecule has 1 aliphatic heterocycles. The highest BCUT2D eigenvalue weighted by molar-refractivity contribution is 7.91. The number of esters is 2. The Balaban J connectivity index is 2.53. The maximum Gasteiger partial charge on any atom is 0.358 e. The van der Waals surface area contributed by atoms with Gasteiger partial charge in [-0.15, -0.1) is 0 Å². The van der Waals surface area contributed by atoms with E-state index >= 15 is 0 Å². The minimum absolute atomic E-state index is 0.0362. The summed E-state index contributed by atoms with van der Waals surface area (Å²) in [4.78, 5) is 37.9. The third kappa shape index (κ3) is 5.47. The van der Waals surface area contributed by atoms with E-state index < -0.39 is 51.2 Å². The summed E-state index contributed by atoms with van der Waals surface area (Å²) >= 11 is 0. The highest BCUT2D eigenvalue weighted by atomic mass is 32.2. The van der Waals surface area contributed by atoms with Gasteiger partial charge in [0.05, 0.1) is 13.7 Å². The maximum absolute atomic E-state index is 12.6. The molecule has 2 rings (SSSR count). The van der Waals surface area contributed by atoms with Crippen LogP contribution in [0, 0.1) is 0 Å². The van der Waals surface area contributed by atoms with Crippen molar-refractivity contribution in [3.63, 3.8) is 0 Å². The fraction of sp³-hybridized carbons (Fsp3) is 0.389. The van der Waals surface area contributed by atoms with Crippen LogP contribution in [0.3, 0.4) is 0 Å². The van der Waals surface area contributed by atoms with Crippen molar-refractivity contribution in [1.82, 2.24) is 10.2 Å². The number of nitrogens with zero attached hydrogens (tertiary/aromatic N) is 1. The van der Waals surface area contributed by atoms with E-state index in [1.165, 1.54) is 0 Å².